The summed E-state index contributed by atoms with van der Waals surface area (Å²) in [4.78, 5) is 41.7. The van der Waals surface area contributed by atoms with Crippen molar-refractivity contribution in [2.75, 3.05) is 27.4 Å². The van der Waals surface area contributed by atoms with Crippen LogP contribution < -0.4 is 0 Å². The first-order valence-corrected chi connectivity index (χ1v) is 7.53. The van der Waals surface area contributed by atoms with Crippen LogP contribution in [0.4, 0.5) is 0 Å². The molecule has 152 valence electrons. The SMILES string of the molecule is C=C(C)C(=O)OC.C=C(C)C(=O)OCCOC(=O)C(=C)C.C=CC(=O)OC. The number of rotatable bonds is 7. The summed E-state index contributed by atoms with van der Waals surface area (Å²) < 4.78 is 17.8. The highest BCUT2D eigenvalue weighted by Crippen LogP contribution is 1.94. The highest BCUT2D eigenvalue weighted by Gasteiger charge is 2.05. The van der Waals surface area contributed by atoms with Crippen LogP contribution >= 0.6 is 0 Å². The summed E-state index contributed by atoms with van der Waals surface area (Å²) in [5.41, 5.74) is 1.06. The molecule has 0 aliphatic carbocycles. The molecule has 0 saturated heterocycles. The fourth-order valence-electron chi connectivity index (χ4n) is 0.773. The van der Waals surface area contributed by atoms with Crippen LogP contribution in [0, 0.1) is 0 Å². The van der Waals surface area contributed by atoms with Gasteiger partial charge in [-0.2, -0.15) is 0 Å². The van der Waals surface area contributed by atoms with Gasteiger partial charge in [0, 0.05) is 22.8 Å². The summed E-state index contributed by atoms with van der Waals surface area (Å²) in [7, 11) is 2.64. The molecule has 0 atom stereocenters. The molecular formula is C19H28O8. The molecule has 0 radical (unpaired) electrons. The van der Waals surface area contributed by atoms with E-state index < -0.39 is 17.9 Å². The van der Waals surface area contributed by atoms with E-state index in [1.54, 1.807) is 20.8 Å². The van der Waals surface area contributed by atoms with Crippen molar-refractivity contribution in [1.29, 1.82) is 0 Å². The lowest BCUT2D eigenvalue weighted by Gasteiger charge is -2.05. The van der Waals surface area contributed by atoms with E-state index in [1.807, 2.05) is 0 Å². The average Bonchev–Trinajstić information content (AvgIpc) is 2.63. The molecule has 0 aromatic heterocycles. The number of carbonyl (C=O) groups excluding carboxylic acids is 4. The molecule has 8 nitrogen and oxygen atoms in total. The standard InChI is InChI=1S/C10H14O4.C5H8O2.C4H6O2/c1-7(2)9(11)13-5-6-14-10(12)8(3)4;1-4(2)5(6)7-3;1-3-4(5)6-2/h1,3,5-6H2,2,4H3;1H2,2-3H3;3H,1H2,2H3. The van der Waals surface area contributed by atoms with Gasteiger partial charge in [0.05, 0.1) is 14.2 Å². The highest BCUT2D eigenvalue weighted by atomic mass is 16.6. The van der Waals surface area contributed by atoms with Gasteiger partial charge >= 0.3 is 23.9 Å². The third-order valence-corrected chi connectivity index (χ3v) is 2.15. The third-order valence-electron chi connectivity index (χ3n) is 2.15. The summed E-state index contributed by atoms with van der Waals surface area (Å²) in [5.74, 6) is -1.72. The van der Waals surface area contributed by atoms with E-state index in [0.29, 0.717) is 16.7 Å². The summed E-state index contributed by atoms with van der Waals surface area (Å²) >= 11 is 0. The van der Waals surface area contributed by atoms with E-state index in [-0.39, 0.29) is 19.2 Å². The molecule has 0 spiro atoms. The number of hydrogen-bond acceptors (Lipinski definition) is 8. The fourth-order valence-corrected chi connectivity index (χ4v) is 0.773. The van der Waals surface area contributed by atoms with Gasteiger partial charge in [-0.1, -0.05) is 26.3 Å². The van der Waals surface area contributed by atoms with Crippen molar-refractivity contribution >= 4 is 23.9 Å². The Kier molecular flexibility index (Phi) is 18.7. The van der Waals surface area contributed by atoms with Gasteiger partial charge < -0.3 is 18.9 Å². The minimum absolute atomic E-state index is 0.0325. The Balaban J connectivity index is -0.000000369. The van der Waals surface area contributed by atoms with Crippen LogP contribution in [0.15, 0.2) is 49.1 Å². The van der Waals surface area contributed by atoms with Gasteiger partial charge in [-0.25, -0.2) is 19.2 Å². The quantitative estimate of drug-likeness (QED) is 0.285. The molecule has 0 bridgehead atoms. The number of esters is 4. The van der Waals surface area contributed by atoms with E-state index in [9.17, 15) is 19.2 Å². The largest absolute Gasteiger partial charge is 0.466 e. The van der Waals surface area contributed by atoms with Gasteiger partial charge in [-0.15, -0.1) is 0 Å². The lowest BCUT2D eigenvalue weighted by molar-refractivity contribution is -0.147. The van der Waals surface area contributed by atoms with E-state index in [4.69, 9.17) is 0 Å². The summed E-state index contributed by atoms with van der Waals surface area (Å²) in [6, 6.07) is 0. The molecule has 0 aliphatic heterocycles. The molecule has 0 aromatic carbocycles. The van der Waals surface area contributed by atoms with E-state index in [1.165, 1.54) is 14.2 Å². The van der Waals surface area contributed by atoms with Crippen molar-refractivity contribution in [3.05, 3.63) is 49.1 Å². The van der Waals surface area contributed by atoms with Crippen molar-refractivity contribution in [1.82, 2.24) is 0 Å². The maximum atomic E-state index is 10.8. The average molecular weight is 384 g/mol. The van der Waals surface area contributed by atoms with Crippen molar-refractivity contribution in [3.63, 3.8) is 0 Å². The van der Waals surface area contributed by atoms with E-state index >= 15 is 0 Å². The third kappa shape index (κ3) is 20.8. The van der Waals surface area contributed by atoms with Gasteiger partial charge in [0.2, 0.25) is 0 Å². The zero-order valence-electron chi connectivity index (χ0n) is 16.6. The van der Waals surface area contributed by atoms with Crippen LogP contribution in [-0.2, 0) is 38.1 Å². The lowest BCUT2D eigenvalue weighted by atomic mass is 10.4. The zero-order chi connectivity index (χ0) is 22.0. The van der Waals surface area contributed by atoms with Crippen LogP contribution in [0.2, 0.25) is 0 Å². The Hall–Kier alpha value is -3.16. The monoisotopic (exact) mass is 384 g/mol. The molecule has 0 rings (SSSR count). The van der Waals surface area contributed by atoms with Crippen LogP contribution in [-0.4, -0.2) is 51.3 Å². The number of hydrogen-bond donors (Lipinski definition) is 0. The molecular weight excluding hydrogens is 356 g/mol. The van der Waals surface area contributed by atoms with Crippen LogP contribution in [0.3, 0.4) is 0 Å². The molecule has 0 fully saturated rings. The normalized spacial score (nSPS) is 8.19. The Morgan fingerprint density at radius 2 is 1.04 bits per heavy atom. The second kappa shape index (κ2) is 17.7. The van der Waals surface area contributed by atoms with E-state index in [0.717, 1.165) is 6.08 Å². The maximum absolute atomic E-state index is 10.8. The van der Waals surface area contributed by atoms with Gasteiger partial charge in [0.25, 0.3) is 0 Å². The molecule has 8 heteroatoms. The first kappa shape index (κ1) is 28.6. The van der Waals surface area contributed by atoms with Gasteiger partial charge in [0.1, 0.15) is 13.2 Å². The molecule has 0 saturated carbocycles. The first-order chi connectivity index (χ1) is 12.4. The molecule has 0 heterocycles. The van der Waals surface area contributed by atoms with Crippen LogP contribution in [0.25, 0.3) is 0 Å². The van der Waals surface area contributed by atoms with Crippen LogP contribution in [0.1, 0.15) is 20.8 Å². The van der Waals surface area contributed by atoms with Gasteiger partial charge in [-0.3, -0.25) is 0 Å². The Morgan fingerprint density at radius 3 is 1.15 bits per heavy atom. The molecule has 27 heavy (non-hydrogen) atoms. The van der Waals surface area contributed by atoms with Crippen molar-refractivity contribution < 1.29 is 38.1 Å². The van der Waals surface area contributed by atoms with Crippen LogP contribution in [0.5, 0.6) is 0 Å². The smallest absolute Gasteiger partial charge is 0.333 e. The summed E-state index contributed by atoms with van der Waals surface area (Å²) in [6.07, 6.45) is 1.11. The minimum Gasteiger partial charge on any atom is -0.466 e. The molecule has 0 amide bonds. The number of methoxy groups -OCH3 is 2. The molecule has 0 aliphatic rings. The second-order valence-electron chi connectivity index (χ2n) is 4.83. The predicted octanol–water partition coefficient (Wildman–Crippen LogP) is 2.31. The van der Waals surface area contributed by atoms with Gasteiger partial charge in [0.15, 0.2) is 0 Å². The van der Waals surface area contributed by atoms with Gasteiger partial charge in [-0.05, 0) is 20.8 Å². The first-order valence-electron chi connectivity index (χ1n) is 7.53. The fraction of sp³-hybridized carbons (Fsp3) is 0.368. The minimum atomic E-state index is -0.489. The Bertz CT molecular complexity index is 544. The van der Waals surface area contributed by atoms with Crippen molar-refractivity contribution in [3.8, 4) is 0 Å². The zero-order valence-corrected chi connectivity index (χ0v) is 16.6. The summed E-state index contributed by atoms with van der Waals surface area (Å²) in [6.45, 7) is 18.1. The maximum Gasteiger partial charge on any atom is 0.333 e. The number of carbonyl (C=O) groups is 4. The van der Waals surface area contributed by atoms with E-state index in [2.05, 4.69) is 45.3 Å². The summed E-state index contributed by atoms with van der Waals surface area (Å²) in [5, 5.41) is 0. The second-order valence-corrected chi connectivity index (χ2v) is 4.83. The molecule has 0 unspecified atom stereocenters. The lowest BCUT2D eigenvalue weighted by Crippen LogP contribution is -2.14. The predicted molar refractivity (Wildman–Crippen MR) is 101 cm³/mol. The molecule has 0 N–H and O–H groups in total. The number of ether oxygens (including phenoxy) is 4. The Morgan fingerprint density at radius 1 is 0.704 bits per heavy atom. The van der Waals surface area contributed by atoms with Crippen molar-refractivity contribution in [2.24, 2.45) is 0 Å². The topological polar surface area (TPSA) is 105 Å². The molecule has 0 aromatic rings. The van der Waals surface area contributed by atoms with Crippen molar-refractivity contribution in [2.45, 2.75) is 20.8 Å². The Labute approximate surface area is 160 Å². The highest BCUT2D eigenvalue weighted by molar-refractivity contribution is 5.87.